The first kappa shape index (κ1) is 14.6. The second-order valence-electron chi connectivity index (χ2n) is 4.43. The fraction of sp³-hybridized carbons (Fsp3) is 0.533. The van der Waals surface area contributed by atoms with Crippen molar-refractivity contribution in [1.82, 2.24) is 4.90 Å². The SMILES string of the molecule is CCN(CC)C(=O)CCOc1cc(C)ccc1C. The Kier molecular flexibility index (Phi) is 5.69. The lowest BCUT2D eigenvalue weighted by atomic mass is 10.1. The average Bonchev–Trinajstić information content (AvgIpc) is 2.35. The monoisotopic (exact) mass is 249 g/mol. The van der Waals surface area contributed by atoms with Crippen molar-refractivity contribution in [3.05, 3.63) is 29.3 Å². The van der Waals surface area contributed by atoms with Gasteiger partial charge in [0.25, 0.3) is 0 Å². The summed E-state index contributed by atoms with van der Waals surface area (Å²) in [6.07, 6.45) is 0.440. The van der Waals surface area contributed by atoms with Crippen molar-refractivity contribution in [3.63, 3.8) is 0 Å². The molecule has 3 nitrogen and oxygen atoms in total. The van der Waals surface area contributed by atoms with Gasteiger partial charge in [0.2, 0.25) is 5.91 Å². The smallest absolute Gasteiger partial charge is 0.225 e. The Morgan fingerprint density at radius 1 is 1.22 bits per heavy atom. The molecule has 0 aromatic heterocycles. The molecule has 18 heavy (non-hydrogen) atoms. The molecular weight excluding hydrogens is 226 g/mol. The van der Waals surface area contributed by atoms with E-state index in [0.717, 1.165) is 24.4 Å². The van der Waals surface area contributed by atoms with E-state index >= 15 is 0 Å². The lowest BCUT2D eigenvalue weighted by Gasteiger charge is -2.18. The third kappa shape index (κ3) is 4.06. The minimum Gasteiger partial charge on any atom is -0.493 e. The van der Waals surface area contributed by atoms with Crippen molar-refractivity contribution in [2.24, 2.45) is 0 Å². The highest BCUT2D eigenvalue weighted by molar-refractivity contribution is 5.76. The van der Waals surface area contributed by atoms with E-state index in [2.05, 4.69) is 6.07 Å². The topological polar surface area (TPSA) is 29.5 Å². The van der Waals surface area contributed by atoms with Gasteiger partial charge in [0.05, 0.1) is 13.0 Å². The van der Waals surface area contributed by atoms with E-state index in [1.807, 2.05) is 44.7 Å². The molecule has 0 aliphatic carbocycles. The summed E-state index contributed by atoms with van der Waals surface area (Å²) in [7, 11) is 0. The summed E-state index contributed by atoms with van der Waals surface area (Å²) in [4.78, 5) is 13.6. The Balaban J connectivity index is 2.46. The Hall–Kier alpha value is -1.51. The highest BCUT2D eigenvalue weighted by atomic mass is 16.5. The molecule has 100 valence electrons. The zero-order valence-electron chi connectivity index (χ0n) is 11.8. The van der Waals surface area contributed by atoms with Crippen LogP contribution in [0.3, 0.4) is 0 Å². The largest absolute Gasteiger partial charge is 0.493 e. The van der Waals surface area contributed by atoms with Crippen molar-refractivity contribution in [3.8, 4) is 5.75 Å². The number of benzene rings is 1. The van der Waals surface area contributed by atoms with Crippen molar-refractivity contribution < 1.29 is 9.53 Å². The number of carbonyl (C=O) groups is 1. The predicted octanol–water partition coefficient (Wildman–Crippen LogP) is 2.94. The molecule has 0 atom stereocenters. The molecule has 1 rings (SSSR count). The molecule has 1 amide bonds. The normalized spacial score (nSPS) is 10.2. The fourth-order valence-electron chi connectivity index (χ4n) is 1.85. The lowest BCUT2D eigenvalue weighted by molar-refractivity contribution is -0.131. The third-order valence-electron chi connectivity index (χ3n) is 3.03. The number of aryl methyl sites for hydroxylation is 2. The molecule has 0 N–H and O–H groups in total. The first-order valence-electron chi connectivity index (χ1n) is 6.56. The van der Waals surface area contributed by atoms with Gasteiger partial charge in [-0.3, -0.25) is 4.79 Å². The van der Waals surface area contributed by atoms with E-state index in [1.165, 1.54) is 5.56 Å². The maximum absolute atomic E-state index is 11.8. The Morgan fingerprint density at radius 3 is 2.50 bits per heavy atom. The average molecular weight is 249 g/mol. The molecule has 0 aliphatic rings. The number of carbonyl (C=O) groups excluding carboxylic acids is 1. The molecule has 0 saturated heterocycles. The van der Waals surface area contributed by atoms with E-state index in [1.54, 1.807) is 0 Å². The summed E-state index contributed by atoms with van der Waals surface area (Å²) in [5.74, 6) is 1.03. The number of nitrogens with zero attached hydrogens (tertiary/aromatic N) is 1. The zero-order chi connectivity index (χ0) is 13.5. The van der Waals surface area contributed by atoms with Crippen LogP contribution in [0, 0.1) is 13.8 Å². The van der Waals surface area contributed by atoms with Gasteiger partial charge < -0.3 is 9.64 Å². The van der Waals surface area contributed by atoms with Crippen molar-refractivity contribution in [2.75, 3.05) is 19.7 Å². The van der Waals surface area contributed by atoms with Crippen LogP contribution in [0.15, 0.2) is 18.2 Å². The van der Waals surface area contributed by atoms with Crippen LogP contribution in [-0.2, 0) is 4.79 Å². The first-order valence-corrected chi connectivity index (χ1v) is 6.56. The number of ether oxygens (including phenoxy) is 1. The highest BCUT2D eigenvalue weighted by Gasteiger charge is 2.09. The lowest BCUT2D eigenvalue weighted by Crippen LogP contribution is -2.31. The Morgan fingerprint density at radius 2 is 1.89 bits per heavy atom. The molecule has 0 bridgehead atoms. The van der Waals surface area contributed by atoms with E-state index in [4.69, 9.17) is 4.74 Å². The van der Waals surface area contributed by atoms with Crippen LogP contribution in [0.25, 0.3) is 0 Å². The molecule has 1 aromatic rings. The third-order valence-corrected chi connectivity index (χ3v) is 3.03. The van der Waals surface area contributed by atoms with Crippen LogP contribution < -0.4 is 4.74 Å². The van der Waals surface area contributed by atoms with Gasteiger partial charge in [-0.05, 0) is 44.9 Å². The molecule has 0 unspecified atom stereocenters. The van der Waals surface area contributed by atoms with E-state index in [-0.39, 0.29) is 5.91 Å². The second-order valence-corrected chi connectivity index (χ2v) is 4.43. The van der Waals surface area contributed by atoms with Gasteiger partial charge in [0.15, 0.2) is 0 Å². The maximum Gasteiger partial charge on any atom is 0.225 e. The summed E-state index contributed by atoms with van der Waals surface area (Å²) in [6, 6.07) is 6.11. The van der Waals surface area contributed by atoms with Crippen molar-refractivity contribution >= 4 is 5.91 Å². The number of rotatable bonds is 6. The highest BCUT2D eigenvalue weighted by Crippen LogP contribution is 2.19. The first-order chi connectivity index (χ1) is 8.58. The molecule has 0 fully saturated rings. The molecule has 1 aromatic carbocycles. The zero-order valence-corrected chi connectivity index (χ0v) is 11.8. The van der Waals surface area contributed by atoms with Gasteiger partial charge in [-0.1, -0.05) is 12.1 Å². The van der Waals surface area contributed by atoms with Crippen LogP contribution >= 0.6 is 0 Å². The number of hydrogen-bond donors (Lipinski definition) is 0. The van der Waals surface area contributed by atoms with Crippen molar-refractivity contribution in [1.29, 1.82) is 0 Å². The van der Waals surface area contributed by atoms with E-state index in [0.29, 0.717) is 13.0 Å². The van der Waals surface area contributed by atoms with Crippen LogP contribution in [-0.4, -0.2) is 30.5 Å². The fourth-order valence-corrected chi connectivity index (χ4v) is 1.85. The summed E-state index contributed by atoms with van der Waals surface area (Å²) in [6.45, 7) is 10.0. The molecule has 0 aliphatic heterocycles. The Bertz CT molecular complexity index is 397. The van der Waals surface area contributed by atoms with Gasteiger partial charge >= 0.3 is 0 Å². The van der Waals surface area contributed by atoms with Gasteiger partial charge in [0.1, 0.15) is 5.75 Å². The van der Waals surface area contributed by atoms with Gasteiger partial charge in [-0.25, -0.2) is 0 Å². The molecule has 0 saturated carbocycles. The molecule has 0 spiro atoms. The summed E-state index contributed by atoms with van der Waals surface area (Å²) >= 11 is 0. The van der Waals surface area contributed by atoms with Gasteiger partial charge in [-0.15, -0.1) is 0 Å². The quantitative estimate of drug-likeness (QED) is 0.775. The molecular formula is C15H23NO2. The van der Waals surface area contributed by atoms with Crippen LogP contribution in [0.1, 0.15) is 31.4 Å². The summed E-state index contributed by atoms with van der Waals surface area (Å²) in [5, 5.41) is 0. The van der Waals surface area contributed by atoms with E-state index in [9.17, 15) is 4.79 Å². The maximum atomic E-state index is 11.8. The standard InChI is InChI=1S/C15H23NO2/c1-5-16(6-2)15(17)9-10-18-14-11-12(3)7-8-13(14)4/h7-8,11H,5-6,9-10H2,1-4H3. The van der Waals surface area contributed by atoms with Gasteiger partial charge in [0, 0.05) is 13.1 Å². The predicted molar refractivity (Wildman–Crippen MR) is 74.0 cm³/mol. The van der Waals surface area contributed by atoms with Crippen LogP contribution in [0.2, 0.25) is 0 Å². The van der Waals surface area contributed by atoms with Crippen molar-refractivity contribution in [2.45, 2.75) is 34.1 Å². The Labute approximate surface area is 110 Å². The summed E-state index contributed by atoms with van der Waals surface area (Å²) < 4.78 is 5.68. The van der Waals surface area contributed by atoms with Gasteiger partial charge in [-0.2, -0.15) is 0 Å². The molecule has 0 radical (unpaired) electrons. The number of amides is 1. The second kappa shape index (κ2) is 7.04. The van der Waals surface area contributed by atoms with Crippen LogP contribution in [0.4, 0.5) is 0 Å². The van der Waals surface area contributed by atoms with E-state index < -0.39 is 0 Å². The number of hydrogen-bond acceptors (Lipinski definition) is 2. The summed E-state index contributed by atoms with van der Waals surface area (Å²) in [5.41, 5.74) is 2.28. The minimum absolute atomic E-state index is 0.158. The minimum atomic E-state index is 0.158. The van der Waals surface area contributed by atoms with Crippen LogP contribution in [0.5, 0.6) is 5.75 Å². The molecule has 3 heteroatoms. The molecule has 0 heterocycles.